The van der Waals surface area contributed by atoms with Crippen LogP contribution in [0.4, 0.5) is 5.69 Å². The number of carbonyl (C=O) groups is 2. The Bertz CT molecular complexity index is 1670. The molecule has 1 aliphatic heterocycles. The van der Waals surface area contributed by atoms with E-state index < -0.39 is 17.2 Å². The third-order valence-corrected chi connectivity index (χ3v) is 7.15. The Morgan fingerprint density at radius 3 is 2.45 bits per heavy atom. The number of hydrogen-bond donors (Lipinski definition) is 1. The first-order valence-corrected chi connectivity index (χ1v) is 13.5. The number of hydrogen-bond acceptors (Lipinski definition) is 5. The molecule has 4 aromatic rings. The van der Waals surface area contributed by atoms with Gasteiger partial charge in [0.25, 0.3) is 5.56 Å². The summed E-state index contributed by atoms with van der Waals surface area (Å²) < 4.78 is 8.01. The van der Waals surface area contributed by atoms with Crippen molar-refractivity contribution in [1.29, 1.82) is 0 Å². The summed E-state index contributed by atoms with van der Waals surface area (Å²) in [5.41, 5.74) is 2.27. The Labute approximate surface area is 231 Å². The van der Waals surface area contributed by atoms with Crippen molar-refractivity contribution >= 4 is 28.4 Å². The minimum Gasteiger partial charge on any atom is -0.492 e. The fraction of sp³-hybridized carbons (Fsp3) is 0.290. The van der Waals surface area contributed by atoms with Crippen molar-refractivity contribution in [3.63, 3.8) is 0 Å². The van der Waals surface area contributed by atoms with Gasteiger partial charge in [-0.1, -0.05) is 48.5 Å². The molecule has 1 aromatic heterocycles. The van der Waals surface area contributed by atoms with Crippen LogP contribution >= 0.6 is 0 Å². The second-order valence-electron chi connectivity index (χ2n) is 9.76. The van der Waals surface area contributed by atoms with Crippen molar-refractivity contribution in [2.75, 3.05) is 18.5 Å². The van der Waals surface area contributed by atoms with Crippen LogP contribution in [0.2, 0.25) is 0 Å². The summed E-state index contributed by atoms with van der Waals surface area (Å²) in [7, 11) is 0. The number of anilines is 1. The van der Waals surface area contributed by atoms with Crippen molar-refractivity contribution in [2.24, 2.45) is 0 Å². The van der Waals surface area contributed by atoms with Gasteiger partial charge in [0.15, 0.2) is 0 Å². The van der Waals surface area contributed by atoms with Gasteiger partial charge in [-0.15, -0.1) is 0 Å². The minimum absolute atomic E-state index is 0.00370. The lowest BCUT2D eigenvalue weighted by atomic mass is 9.99. The van der Waals surface area contributed by atoms with Gasteiger partial charge in [-0.2, -0.15) is 0 Å². The zero-order valence-electron chi connectivity index (χ0n) is 22.5. The number of ether oxygens (including phenoxy) is 1. The van der Waals surface area contributed by atoms with Gasteiger partial charge >= 0.3 is 5.69 Å². The average molecular weight is 541 g/mol. The quantitative estimate of drug-likeness (QED) is 0.350. The first-order chi connectivity index (χ1) is 19.5. The number of nitrogens with zero attached hydrogens (tertiary/aromatic N) is 3. The zero-order chi connectivity index (χ0) is 28.1. The van der Waals surface area contributed by atoms with E-state index in [9.17, 15) is 19.2 Å². The number of aromatic nitrogens is 2. The maximum atomic E-state index is 13.5. The molecular weight excluding hydrogens is 508 g/mol. The van der Waals surface area contributed by atoms with Crippen LogP contribution in [0, 0.1) is 0 Å². The largest absolute Gasteiger partial charge is 0.492 e. The van der Waals surface area contributed by atoms with Crippen LogP contribution in [-0.4, -0.2) is 39.0 Å². The number of amides is 2. The molecule has 1 N–H and O–H groups in total. The topological polar surface area (TPSA) is 103 Å². The summed E-state index contributed by atoms with van der Waals surface area (Å²) in [6, 6.07) is 21.9. The van der Waals surface area contributed by atoms with Crippen molar-refractivity contribution in [2.45, 2.75) is 45.8 Å². The van der Waals surface area contributed by atoms with Gasteiger partial charge < -0.3 is 15.0 Å². The molecular formula is C31H32N4O5. The van der Waals surface area contributed by atoms with Crippen molar-refractivity contribution in [3.05, 3.63) is 105 Å². The highest BCUT2D eigenvalue weighted by Gasteiger charge is 2.21. The number of para-hydroxylation sites is 3. The molecule has 0 saturated heterocycles. The normalized spacial score (nSPS) is 12.7. The van der Waals surface area contributed by atoms with E-state index in [0.29, 0.717) is 48.5 Å². The van der Waals surface area contributed by atoms with Gasteiger partial charge in [-0.25, -0.2) is 4.79 Å². The lowest BCUT2D eigenvalue weighted by Crippen LogP contribution is -2.42. The molecule has 0 aliphatic carbocycles. The maximum Gasteiger partial charge on any atom is 0.331 e. The van der Waals surface area contributed by atoms with Gasteiger partial charge in [0.1, 0.15) is 12.3 Å². The van der Waals surface area contributed by atoms with Crippen LogP contribution in [0.25, 0.3) is 10.9 Å². The maximum absolute atomic E-state index is 13.5. The van der Waals surface area contributed by atoms with Crippen LogP contribution in [0.5, 0.6) is 5.75 Å². The summed E-state index contributed by atoms with van der Waals surface area (Å²) in [4.78, 5) is 54.5. The molecule has 0 unspecified atom stereocenters. The molecule has 9 heteroatoms. The molecule has 0 spiro atoms. The molecule has 40 heavy (non-hydrogen) atoms. The second-order valence-corrected chi connectivity index (χ2v) is 9.76. The molecule has 0 fully saturated rings. The summed E-state index contributed by atoms with van der Waals surface area (Å²) >= 11 is 0. The number of nitrogens with one attached hydrogen (secondary N) is 1. The first kappa shape index (κ1) is 26.9. The first-order valence-electron chi connectivity index (χ1n) is 13.5. The van der Waals surface area contributed by atoms with Gasteiger partial charge in [-0.3, -0.25) is 23.5 Å². The van der Waals surface area contributed by atoms with Crippen LogP contribution in [0.1, 0.15) is 30.9 Å². The number of fused-ring (bicyclic) bond motifs is 2. The fourth-order valence-electron chi connectivity index (χ4n) is 5.16. The molecule has 0 saturated carbocycles. The molecule has 3 aromatic carbocycles. The number of benzene rings is 3. The Hall–Kier alpha value is -4.66. The van der Waals surface area contributed by atoms with Crippen LogP contribution in [0.15, 0.2) is 82.4 Å². The predicted molar refractivity (Wildman–Crippen MR) is 154 cm³/mol. The average Bonchev–Trinajstić information content (AvgIpc) is 2.98. The third kappa shape index (κ3) is 5.68. The lowest BCUT2D eigenvalue weighted by Gasteiger charge is -2.29. The zero-order valence-corrected chi connectivity index (χ0v) is 22.5. The molecule has 206 valence electrons. The Morgan fingerprint density at radius 2 is 1.62 bits per heavy atom. The number of rotatable bonds is 9. The lowest BCUT2D eigenvalue weighted by molar-refractivity contribution is -0.132. The Balaban J connectivity index is 1.33. The van der Waals surface area contributed by atoms with E-state index in [0.717, 1.165) is 16.6 Å². The Morgan fingerprint density at radius 1 is 0.900 bits per heavy atom. The van der Waals surface area contributed by atoms with E-state index in [1.165, 1.54) is 10.1 Å². The van der Waals surface area contributed by atoms with Crippen LogP contribution < -0.4 is 21.3 Å². The molecule has 2 amide bonds. The SMILES string of the molecule is CCOc1ccccc1NC(=O)Cn1c(=O)n(CCCC(=O)N2CCc3ccccc3C2)c(=O)c2ccccc21. The van der Waals surface area contributed by atoms with E-state index in [-0.39, 0.29) is 25.4 Å². The molecule has 9 nitrogen and oxygen atoms in total. The van der Waals surface area contributed by atoms with Gasteiger partial charge in [0.2, 0.25) is 11.8 Å². The predicted octanol–water partition coefficient (Wildman–Crippen LogP) is 3.57. The van der Waals surface area contributed by atoms with Gasteiger partial charge in [0.05, 0.1) is 23.2 Å². The molecule has 0 bridgehead atoms. The Kier molecular flexibility index (Phi) is 8.10. The van der Waals surface area contributed by atoms with E-state index in [2.05, 4.69) is 11.4 Å². The third-order valence-electron chi connectivity index (χ3n) is 7.15. The van der Waals surface area contributed by atoms with Crippen molar-refractivity contribution in [3.8, 4) is 5.75 Å². The summed E-state index contributed by atoms with van der Waals surface area (Å²) in [5.74, 6) is 0.101. The highest BCUT2D eigenvalue weighted by atomic mass is 16.5. The fourth-order valence-corrected chi connectivity index (χ4v) is 5.16. The molecule has 5 rings (SSSR count). The minimum atomic E-state index is -0.587. The van der Waals surface area contributed by atoms with Crippen LogP contribution in [0.3, 0.4) is 0 Å². The second kappa shape index (κ2) is 12.0. The summed E-state index contributed by atoms with van der Waals surface area (Å²) in [5, 5.41) is 3.15. The highest BCUT2D eigenvalue weighted by molar-refractivity contribution is 5.93. The molecule has 2 heterocycles. The molecule has 1 aliphatic rings. The van der Waals surface area contributed by atoms with E-state index >= 15 is 0 Å². The van der Waals surface area contributed by atoms with Crippen LogP contribution in [-0.2, 0) is 35.6 Å². The number of carbonyl (C=O) groups excluding carboxylic acids is 2. The standard InChI is InChI=1S/C31H32N4O5/c1-2-40-27-15-8-6-13-25(27)32-28(36)21-35-26-14-7-5-12-24(26)30(38)34(31(35)39)18-9-16-29(37)33-19-17-22-10-3-4-11-23(22)20-33/h3-8,10-15H,2,9,16-21H2,1H3,(H,32,36). The van der Waals surface area contributed by atoms with Gasteiger partial charge in [-0.05, 0) is 55.2 Å². The summed E-state index contributed by atoms with van der Waals surface area (Å²) in [6.45, 7) is 3.31. The molecule has 0 atom stereocenters. The van der Waals surface area contributed by atoms with Crippen molar-refractivity contribution < 1.29 is 14.3 Å². The highest BCUT2D eigenvalue weighted by Crippen LogP contribution is 2.24. The van der Waals surface area contributed by atoms with E-state index in [1.54, 1.807) is 42.5 Å². The van der Waals surface area contributed by atoms with E-state index in [1.807, 2.05) is 36.1 Å². The van der Waals surface area contributed by atoms with Gasteiger partial charge in [0, 0.05) is 26.1 Å². The smallest absolute Gasteiger partial charge is 0.331 e. The van der Waals surface area contributed by atoms with Crippen molar-refractivity contribution in [1.82, 2.24) is 14.0 Å². The molecule has 0 radical (unpaired) electrons. The monoisotopic (exact) mass is 540 g/mol. The van der Waals surface area contributed by atoms with E-state index in [4.69, 9.17) is 4.74 Å². The summed E-state index contributed by atoms with van der Waals surface area (Å²) in [6.07, 6.45) is 1.36.